The normalized spacial score (nSPS) is 23.9. The number of sulfonamides is 1. The molecule has 1 saturated carbocycles. The van der Waals surface area contributed by atoms with Crippen LogP contribution in [0.4, 0.5) is 0 Å². The third-order valence-electron chi connectivity index (χ3n) is 3.70. The van der Waals surface area contributed by atoms with Crippen LogP contribution in [0.1, 0.15) is 44.9 Å². The molecule has 1 aromatic heterocycles. The van der Waals surface area contributed by atoms with Crippen molar-refractivity contribution in [1.29, 1.82) is 0 Å². The third kappa shape index (κ3) is 4.04. The predicted molar refractivity (Wildman–Crippen MR) is 78.0 cm³/mol. The van der Waals surface area contributed by atoms with E-state index < -0.39 is 10.0 Å². The van der Waals surface area contributed by atoms with Crippen LogP contribution in [0.3, 0.4) is 0 Å². The van der Waals surface area contributed by atoms with Crippen LogP contribution >= 0.6 is 0 Å². The van der Waals surface area contributed by atoms with Gasteiger partial charge in [0.2, 0.25) is 0 Å². The first-order valence-electron chi connectivity index (χ1n) is 7.28. The van der Waals surface area contributed by atoms with Crippen molar-refractivity contribution in [2.75, 3.05) is 6.54 Å². The maximum Gasteiger partial charge on any atom is 0.257 e. The molecule has 1 aromatic rings. The zero-order valence-corrected chi connectivity index (χ0v) is 13.0. The van der Waals surface area contributed by atoms with Gasteiger partial charge in [0.05, 0.1) is 6.20 Å². The van der Waals surface area contributed by atoms with Crippen LogP contribution in [0.15, 0.2) is 11.2 Å². The average Bonchev–Trinajstić information content (AvgIpc) is 2.85. The number of nitrogens with one attached hydrogen (secondary N) is 3. The Morgan fingerprint density at radius 1 is 1.30 bits per heavy atom. The standard InChI is InChI=1S/C13H24N4O2S/c1-3-8-14-11-4-6-12(7-5-11)17-20(18,19)13-9-15-10(2)16-13/h9,11-12,14,17H,3-8H2,1-2H3,(H,15,16). The summed E-state index contributed by atoms with van der Waals surface area (Å²) in [7, 11) is -3.46. The number of aromatic amines is 1. The lowest BCUT2D eigenvalue weighted by molar-refractivity contribution is 0.330. The lowest BCUT2D eigenvalue weighted by Crippen LogP contribution is -2.42. The van der Waals surface area contributed by atoms with Gasteiger partial charge in [0.15, 0.2) is 5.03 Å². The Hall–Kier alpha value is -0.920. The third-order valence-corrected chi connectivity index (χ3v) is 5.13. The molecule has 0 amide bonds. The van der Waals surface area contributed by atoms with Gasteiger partial charge in [0, 0.05) is 12.1 Å². The molecule has 1 aliphatic carbocycles. The summed E-state index contributed by atoms with van der Waals surface area (Å²) in [6, 6.07) is 0.563. The van der Waals surface area contributed by atoms with Crippen molar-refractivity contribution in [2.45, 2.75) is 63.1 Å². The summed E-state index contributed by atoms with van der Waals surface area (Å²) in [5, 5.41) is 3.65. The van der Waals surface area contributed by atoms with Crippen LogP contribution in [0.25, 0.3) is 0 Å². The van der Waals surface area contributed by atoms with Crippen molar-refractivity contribution >= 4 is 10.0 Å². The topological polar surface area (TPSA) is 86.9 Å². The number of H-pyrrole nitrogens is 1. The van der Waals surface area contributed by atoms with Gasteiger partial charge >= 0.3 is 0 Å². The van der Waals surface area contributed by atoms with E-state index in [-0.39, 0.29) is 11.1 Å². The molecular formula is C13H24N4O2S. The fourth-order valence-electron chi connectivity index (χ4n) is 2.58. The minimum Gasteiger partial charge on any atom is -0.332 e. The van der Waals surface area contributed by atoms with E-state index in [0.29, 0.717) is 11.9 Å². The molecule has 7 heteroatoms. The number of aromatic nitrogens is 2. The SMILES string of the molecule is CCCNC1CCC(NS(=O)(=O)c2cnc(C)[nH]2)CC1. The highest BCUT2D eigenvalue weighted by atomic mass is 32.2. The number of rotatable bonds is 6. The summed E-state index contributed by atoms with van der Waals surface area (Å²) in [4.78, 5) is 6.71. The van der Waals surface area contributed by atoms with Crippen LogP contribution in [-0.4, -0.2) is 37.0 Å². The number of hydrogen-bond acceptors (Lipinski definition) is 4. The largest absolute Gasteiger partial charge is 0.332 e. The molecule has 20 heavy (non-hydrogen) atoms. The van der Waals surface area contributed by atoms with Gasteiger partial charge in [0.25, 0.3) is 10.0 Å². The van der Waals surface area contributed by atoms with Gasteiger partial charge in [-0.3, -0.25) is 0 Å². The fourth-order valence-corrected chi connectivity index (χ4v) is 3.86. The molecule has 2 rings (SSSR count). The Morgan fingerprint density at radius 3 is 2.50 bits per heavy atom. The van der Waals surface area contributed by atoms with Crippen LogP contribution in [-0.2, 0) is 10.0 Å². The summed E-state index contributed by atoms with van der Waals surface area (Å²) in [6.45, 7) is 4.93. The Bertz CT molecular complexity index is 518. The van der Waals surface area contributed by atoms with Crippen molar-refractivity contribution in [3.05, 3.63) is 12.0 Å². The highest BCUT2D eigenvalue weighted by Gasteiger charge is 2.26. The lowest BCUT2D eigenvalue weighted by atomic mass is 9.92. The molecule has 0 spiro atoms. The minimum absolute atomic E-state index is 0.0308. The Kier molecular flexibility index (Phi) is 5.17. The van der Waals surface area contributed by atoms with Crippen LogP contribution in [0, 0.1) is 6.92 Å². The van der Waals surface area contributed by atoms with E-state index in [2.05, 4.69) is 26.9 Å². The van der Waals surface area contributed by atoms with Crippen molar-refractivity contribution in [2.24, 2.45) is 0 Å². The van der Waals surface area contributed by atoms with E-state index in [0.717, 1.165) is 38.6 Å². The predicted octanol–water partition coefficient (Wildman–Crippen LogP) is 1.31. The summed E-state index contributed by atoms with van der Waals surface area (Å²) >= 11 is 0. The molecule has 0 bridgehead atoms. The van der Waals surface area contributed by atoms with E-state index in [4.69, 9.17) is 0 Å². The minimum atomic E-state index is -3.46. The molecule has 0 atom stereocenters. The van der Waals surface area contributed by atoms with Gasteiger partial charge < -0.3 is 10.3 Å². The molecule has 0 aromatic carbocycles. The first-order valence-corrected chi connectivity index (χ1v) is 8.77. The monoisotopic (exact) mass is 300 g/mol. The molecule has 1 heterocycles. The first kappa shape index (κ1) is 15.5. The number of imidazole rings is 1. The maximum absolute atomic E-state index is 12.2. The quantitative estimate of drug-likeness (QED) is 0.739. The summed E-state index contributed by atoms with van der Waals surface area (Å²) in [5.74, 6) is 0.609. The molecule has 0 saturated heterocycles. The van der Waals surface area contributed by atoms with E-state index in [1.165, 1.54) is 6.20 Å². The molecule has 0 aliphatic heterocycles. The molecular weight excluding hydrogens is 276 g/mol. The highest BCUT2D eigenvalue weighted by molar-refractivity contribution is 7.89. The van der Waals surface area contributed by atoms with Gasteiger partial charge in [-0.25, -0.2) is 18.1 Å². The van der Waals surface area contributed by atoms with Crippen molar-refractivity contribution in [3.63, 3.8) is 0 Å². The first-order chi connectivity index (χ1) is 9.51. The second kappa shape index (κ2) is 6.69. The second-order valence-corrected chi connectivity index (χ2v) is 7.14. The average molecular weight is 300 g/mol. The molecule has 0 radical (unpaired) electrons. The Balaban J connectivity index is 1.86. The number of aryl methyl sites for hydroxylation is 1. The number of nitrogens with zero attached hydrogens (tertiary/aromatic N) is 1. The molecule has 1 fully saturated rings. The summed E-state index contributed by atoms with van der Waals surface area (Å²) in [5.41, 5.74) is 0. The van der Waals surface area contributed by atoms with E-state index >= 15 is 0 Å². The highest BCUT2D eigenvalue weighted by Crippen LogP contribution is 2.20. The van der Waals surface area contributed by atoms with Crippen molar-refractivity contribution in [1.82, 2.24) is 20.0 Å². The Morgan fingerprint density at radius 2 is 1.95 bits per heavy atom. The van der Waals surface area contributed by atoms with Crippen LogP contribution in [0.2, 0.25) is 0 Å². The van der Waals surface area contributed by atoms with Crippen molar-refractivity contribution < 1.29 is 8.42 Å². The van der Waals surface area contributed by atoms with Gasteiger partial charge in [0.1, 0.15) is 5.82 Å². The maximum atomic E-state index is 12.2. The van der Waals surface area contributed by atoms with Gasteiger partial charge in [-0.15, -0.1) is 0 Å². The fraction of sp³-hybridized carbons (Fsp3) is 0.769. The zero-order valence-electron chi connectivity index (χ0n) is 12.1. The molecule has 1 aliphatic rings. The van der Waals surface area contributed by atoms with E-state index in [1.54, 1.807) is 6.92 Å². The van der Waals surface area contributed by atoms with E-state index in [1.807, 2.05) is 0 Å². The van der Waals surface area contributed by atoms with Crippen molar-refractivity contribution in [3.8, 4) is 0 Å². The molecule has 3 N–H and O–H groups in total. The molecule has 114 valence electrons. The van der Waals surface area contributed by atoms with Crippen LogP contribution in [0.5, 0.6) is 0 Å². The van der Waals surface area contributed by atoms with Gasteiger partial charge in [-0.2, -0.15) is 0 Å². The van der Waals surface area contributed by atoms with Gasteiger partial charge in [-0.05, 0) is 45.6 Å². The zero-order chi connectivity index (χ0) is 14.6. The number of hydrogen-bond donors (Lipinski definition) is 3. The summed E-state index contributed by atoms with van der Waals surface area (Å²) < 4.78 is 27.1. The van der Waals surface area contributed by atoms with Crippen LogP contribution < -0.4 is 10.0 Å². The molecule has 6 nitrogen and oxygen atoms in total. The second-order valence-electron chi connectivity index (χ2n) is 5.46. The van der Waals surface area contributed by atoms with Gasteiger partial charge in [-0.1, -0.05) is 6.92 Å². The smallest absolute Gasteiger partial charge is 0.257 e. The lowest BCUT2D eigenvalue weighted by Gasteiger charge is -2.29. The Labute approximate surface area is 120 Å². The molecule has 0 unspecified atom stereocenters. The van der Waals surface area contributed by atoms with E-state index in [9.17, 15) is 8.42 Å². The summed E-state index contributed by atoms with van der Waals surface area (Å²) in [6.07, 6.45) is 6.31.